The summed E-state index contributed by atoms with van der Waals surface area (Å²) < 4.78 is 5.34. The van der Waals surface area contributed by atoms with Gasteiger partial charge in [-0.2, -0.15) is 0 Å². The average Bonchev–Trinajstić information content (AvgIpc) is 2.58. The van der Waals surface area contributed by atoms with Crippen molar-refractivity contribution in [2.45, 2.75) is 6.92 Å². The van der Waals surface area contributed by atoms with E-state index in [2.05, 4.69) is 10.9 Å². The van der Waals surface area contributed by atoms with Gasteiger partial charge in [-0.05, 0) is 42.8 Å². The Balaban J connectivity index is 1.90. The smallest absolute Gasteiger partial charge is 0.336 e. The predicted molar refractivity (Wildman–Crippen MR) is 90.7 cm³/mol. The van der Waals surface area contributed by atoms with E-state index in [4.69, 9.17) is 21.4 Å². The van der Waals surface area contributed by atoms with E-state index in [1.54, 1.807) is 25.1 Å². The van der Waals surface area contributed by atoms with Gasteiger partial charge in [0.25, 0.3) is 11.8 Å². The Morgan fingerprint density at radius 2 is 1.76 bits per heavy atom. The van der Waals surface area contributed by atoms with E-state index in [-0.39, 0.29) is 17.7 Å². The highest BCUT2D eigenvalue weighted by molar-refractivity contribution is 6.30. The van der Waals surface area contributed by atoms with E-state index in [0.29, 0.717) is 10.8 Å². The average molecular weight is 363 g/mol. The fraction of sp³-hybridized carbons (Fsp3) is 0.118. The normalized spacial score (nSPS) is 10.0. The number of carboxylic acid groups (broad SMARTS) is 1. The molecule has 0 bridgehead atoms. The van der Waals surface area contributed by atoms with Crippen LogP contribution in [0.25, 0.3) is 0 Å². The molecular formula is C17H15ClN2O5. The molecule has 0 fully saturated rings. The molecule has 0 aliphatic carbocycles. The molecular weight excluding hydrogens is 348 g/mol. The minimum absolute atomic E-state index is 0.0650. The number of nitrogens with one attached hydrogen (secondary N) is 2. The molecule has 7 nitrogen and oxygen atoms in total. The second-order valence-electron chi connectivity index (χ2n) is 5.05. The van der Waals surface area contributed by atoms with E-state index in [1.165, 1.54) is 24.3 Å². The van der Waals surface area contributed by atoms with Crippen molar-refractivity contribution in [2.75, 3.05) is 6.61 Å². The number of hydrogen-bond acceptors (Lipinski definition) is 4. The van der Waals surface area contributed by atoms with Gasteiger partial charge in [0.15, 0.2) is 6.61 Å². The third-order valence-corrected chi connectivity index (χ3v) is 3.45. The molecule has 0 saturated carbocycles. The van der Waals surface area contributed by atoms with Crippen molar-refractivity contribution >= 4 is 29.4 Å². The molecule has 0 heterocycles. The quantitative estimate of drug-likeness (QED) is 0.707. The zero-order valence-electron chi connectivity index (χ0n) is 13.2. The summed E-state index contributed by atoms with van der Waals surface area (Å²) in [7, 11) is 0. The van der Waals surface area contributed by atoms with Crippen molar-refractivity contribution in [1.29, 1.82) is 0 Å². The molecule has 2 amide bonds. The van der Waals surface area contributed by atoms with Crippen molar-refractivity contribution in [2.24, 2.45) is 0 Å². The lowest BCUT2D eigenvalue weighted by atomic mass is 10.1. The molecule has 2 aromatic rings. The Morgan fingerprint density at radius 3 is 2.40 bits per heavy atom. The maximum absolute atomic E-state index is 12.0. The summed E-state index contributed by atoms with van der Waals surface area (Å²) in [5.74, 6) is -2.09. The second kappa shape index (κ2) is 8.16. The molecule has 0 saturated heterocycles. The Kier molecular flexibility index (Phi) is 5.97. The molecule has 0 unspecified atom stereocenters. The van der Waals surface area contributed by atoms with Gasteiger partial charge in [0.05, 0.1) is 11.1 Å². The van der Waals surface area contributed by atoms with Crippen LogP contribution in [-0.4, -0.2) is 29.5 Å². The highest BCUT2D eigenvalue weighted by Crippen LogP contribution is 2.21. The topological polar surface area (TPSA) is 105 Å². The zero-order chi connectivity index (χ0) is 18.4. The molecule has 0 radical (unpaired) electrons. The van der Waals surface area contributed by atoms with Crippen molar-refractivity contribution in [3.63, 3.8) is 0 Å². The summed E-state index contributed by atoms with van der Waals surface area (Å²) in [6.07, 6.45) is 0. The van der Waals surface area contributed by atoms with Crippen molar-refractivity contribution in [3.05, 3.63) is 64.2 Å². The molecule has 3 N–H and O–H groups in total. The number of ether oxygens (including phenoxy) is 1. The van der Waals surface area contributed by atoms with Crippen molar-refractivity contribution in [1.82, 2.24) is 10.9 Å². The lowest BCUT2D eigenvalue weighted by molar-refractivity contribution is -0.123. The highest BCUT2D eigenvalue weighted by Gasteiger charge is 2.16. The van der Waals surface area contributed by atoms with Crippen LogP contribution >= 0.6 is 11.6 Å². The van der Waals surface area contributed by atoms with Crippen LogP contribution in [0.3, 0.4) is 0 Å². The third kappa shape index (κ3) is 4.95. The van der Waals surface area contributed by atoms with Gasteiger partial charge in [0.1, 0.15) is 5.75 Å². The van der Waals surface area contributed by atoms with Crippen LogP contribution in [0.1, 0.15) is 26.3 Å². The fourth-order valence-corrected chi connectivity index (χ4v) is 2.24. The number of benzene rings is 2. The maximum Gasteiger partial charge on any atom is 0.336 e. The number of hydrazine groups is 1. The molecule has 0 aliphatic rings. The molecule has 0 spiro atoms. The Hall–Kier alpha value is -3.06. The number of carboxylic acids is 1. The lowest BCUT2D eigenvalue weighted by Crippen LogP contribution is -2.44. The van der Waals surface area contributed by atoms with Crippen LogP contribution in [-0.2, 0) is 4.79 Å². The number of amides is 2. The van der Waals surface area contributed by atoms with Crippen molar-refractivity contribution in [3.8, 4) is 5.75 Å². The first kappa shape index (κ1) is 18.3. The number of carbonyl (C=O) groups is 3. The minimum atomic E-state index is -1.24. The number of carbonyl (C=O) groups excluding carboxylic acids is 2. The summed E-state index contributed by atoms with van der Waals surface area (Å²) in [6.45, 7) is 1.45. The molecule has 2 rings (SSSR count). The third-order valence-electron chi connectivity index (χ3n) is 3.21. The number of aromatic carboxylic acids is 1. The van der Waals surface area contributed by atoms with Crippen molar-refractivity contribution < 1.29 is 24.2 Å². The molecule has 2 aromatic carbocycles. The monoisotopic (exact) mass is 362 g/mol. The largest absolute Gasteiger partial charge is 0.483 e. The molecule has 0 aliphatic heterocycles. The maximum atomic E-state index is 12.0. The molecule has 0 atom stereocenters. The fourth-order valence-electron chi connectivity index (χ4n) is 2.02. The Bertz CT molecular complexity index is 822. The van der Waals surface area contributed by atoms with Gasteiger partial charge in [-0.25, -0.2) is 4.79 Å². The lowest BCUT2D eigenvalue weighted by Gasteiger charge is -2.11. The van der Waals surface area contributed by atoms with E-state index in [1.807, 2.05) is 0 Å². The number of rotatable bonds is 5. The standard InChI is InChI=1S/C17H15ClN2O5/c1-10-8-11(18)6-7-14(10)25-9-15(21)19-20-16(22)12-4-2-3-5-13(12)17(23)24/h2-8H,9H2,1H3,(H,19,21)(H,20,22)(H,23,24). The number of halogens is 1. The van der Waals surface area contributed by atoms with E-state index >= 15 is 0 Å². The van der Waals surface area contributed by atoms with Gasteiger partial charge in [-0.1, -0.05) is 23.7 Å². The molecule has 8 heteroatoms. The van der Waals surface area contributed by atoms with Gasteiger partial charge in [0.2, 0.25) is 0 Å². The van der Waals surface area contributed by atoms with E-state index in [9.17, 15) is 14.4 Å². The SMILES string of the molecule is Cc1cc(Cl)ccc1OCC(=O)NNC(=O)c1ccccc1C(=O)O. The first-order chi connectivity index (χ1) is 11.9. The first-order valence-electron chi connectivity index (χ1n) is 7.19. The Labute approximate surface area is 148 Å². The Morgan fingerprint density at radius 1 is 1.08 bits per heavy atom. The highest BCUT2D eigenvalue weighted by atomic mass is 35.5. The van der Waals surface area contributed by atoms with Crippen LogP contribution in [0.15, 0.2) is 42.5 Å². The summed E-state index contributed by atoms with van der Waals surface area (Å²) in [5.41, 5.74) is 4.85. The predicted octanol–water partition coefficient (Wildman–Crippen LogP) is 2.19. The molecule has 0 aromatic heterocycles. The zero-order valence-corrected chi connectivity index (χ0v) is 14.0. The van der Waals surface area contributed by atoms with Crippen LogP contribution < -0.4 is 15.6 Å². The molecule has 25 heavy (non-hydrogen) atoms. The van der Waals surface area contributed by atoms with Gasteiger partial charge < -0.3 is 9.84 Å². The van der Waals surface area contributed by atoms with Crippen LogP contribution in [0, 0.1) is 6.92 Å². The van der Waals surface area contributed by atoms with Gasteiger partial charge >= 0.3 is 5.97 Å². The second-order valence-corrected chi connectivity index (χ2v) is 5.49. The van der Waals surface area contributed by atoms with Gasteiger partial charge in [-0.15, -0.1) is 0 Å². The minimum Gasteiger partial charge on any atom is -0.483 e. The van der Waals surface area contributed by atoms with Crippen LogP contribution in [0.2, 0.25) is 5.02 Å². The van der Waals surface area contributed by atoms with Crippen LogP contribution in [0.4, 0.5) is 0 Å². The summed E-state index contributed by atoms with van der Waals surface area (Å²) >= 11 is 5.83. The summed E-state index contributed by atoms with van der Waals surface area (Å²) in [4.78, 5) is 34.8. The number of aryl methyl sites for hydroxylation is 1. The van der Waals surface area contributed by atoms with Gasteiger partial charge in [-0.3, -0.25) is 20.4 Å². The molecule has 130 valence electrons. The van der Waals surface area contributed by atoms with E-state index in [0.717, 1.165) is 5.56 Å². The number of hydrogen-bond donors (Lipinski definition) is 3. The van der Waals surface area contributed by atoms with Crippen LogP contribution in [0.5, 0.6) is 5.75 Å². The summed E-state index contributed by atoms with van der Waals surface area (Å²) in [5, 5.41) is 9.61. The first-order valence-corrected chi connectivity index (χ1v) is 7.56. The van der Waals surface area contributed by atoms with E-state index < -0.39 is 17.8 Å². The van der Waals surface area contributed by atoms with Gasteiger partial charge in [0, 0.05) is 5.02 Å². The summed E-state index contributed by atoms with van der Waals surface area (Å²) in [6, 6.07) is 10.6.